The molecular weight excluding hydrogens is 482 g/mol. The summed E-state index contributed by atoms with van der Waals surface area (Å²) in [7, 11) is 3.43. The third kappa shape index (κ3) is 8.57. The first kappa shape index (κ1) is 25.2. The van der Waals surface area contributed by atoms with Crippen LogP contribution in [-0.4, -0.2) is 39.8 Å². The third-order valence-electron chi connectivity index (χ3n) is 4.58. The Morgan fingerprint density at radius 2 is 1.83 bits per heavy atom. The largest absolute Gasteiger partial charge is 0.383 e. The summed E-state index contributed by atoms with van der Waals surface area (Å²) in [4.78, 5) is 4.28. The van der Waals surface area contributed by atoms with Crippen LogP contribution < -0.4 is 16.0 Å². The molecule has 0 aliphatic carbocycles. The van der Waals surface area contributed by atoms with Crippen LogP contribution in [0.15, 0.2) is 53.5 Å². The van der Waals surface area contributed by atoms with Gasteiger partial charge in [0.15, 0.2) is 5.96 Å². The lowest BCUT2D eigenvalue weighted by molar-refractivity contribution is 0.211. The number of nitrogens with zero attached hydrogens (tertiary/aromatic N) is 1. The highest BCUT2D eigenvalue weighted by Gasteiger charge is 2.21. The molecule has 160 valence electrons. The quantitative estimate of drug-likeness (QED) is 0.204. The number of hydrogen-bond acceptors (Lipinski definition) is 3. The molecule has 2 aromatic rings. The summed E-state index contributed by atoms with van der Waals surface area (Å²) >= 11 is 0. The van der Waals surface area contributed by atoms with Crippen molar-refractivity contribution in [1.29, 1.82) is 0 Å². The van der Waals surface area contributed by atoms with Gasteiger partial charge < -0.3 is 20.7 Å². The molecule has 0 saturated heterocycles. The SMILES string of the molecule is CN=C(NCc1ccc(NCCOC)cc1)NCC(C)(C)c1cccc(F)c1.I. The molecule has 0 aliphatic rings. The van der Waals surface area contributed by atoms with E-state index in [-0.39, 0.29) is 35.2 Å². The fourth-order valence-electron chi connectivity index (χ4n) is 2.76. The number of halogens is 2. The molecule has 2 rings (SSSR count). The molecule has 7 heteroatoms. The zero-order chi connectivity index (χ0) is 20.4. The van der Waals surface area contributed by atoms with Crippen LogP contribution in [0.3, 0.4) is 0 Å². The predicted octanol–water partition coefficient (Wildman–Crippen LogP) is 4.14. The minimum Gasteiger partial charge on any atom is -0.383 e. The van der Waals surface area contributed by atoms with E-state index in [1.807, 2.05) is 6.07 Å². The average Bonchev–Trinajstić information content (AvgIpc) is 2.69. The van der Waals surface area contributed by atoms with E-state index in [4.69, 9.17) is 4.74 Å². The van der Waals surface area contributed by atoms with Gasteiger partial charge in [0.25, 0.3) is 0 Å². The lowest BCUT2D eigenvalue weighted by Crippen LogP contribution is -2.43. The summed E-state index contributed by atoms with van der Waals surface area (Å²) in [5, 5.41) is 9.95. The van der Waals surface area contributed by atoms with Gasteiger partial charge in [0.1, 0.15) is 5.82 Å². The van der Waals surface area contributed by atoms with E-state index in [0.29, 0.717) is 25.7 Å². The van der Waals surface area contributed by atoms with Crippen molar-refractivity contribution in [3.8, 4) is 0 Å². The molecule has 29 heavy (non-hydrogen) atoms. The number of anilines is 1. The van der Waals surface area contributed by atoms with Crippen LogP contribution in [0.1, 0.15) is 25.0 Å². The van der Waals surface area contributed by atoms with Crippen LogP contribution >= 0.6 is 24.0 Å². The molecular formula is C22H32FIN4O. The van der Waals surface area contributed by atoms with Crippen molar-refractivity contribution in [2.24, 2.45) is 4.99 Å². The van der Waals surface area contributed by atoms with E-state index in [0.717, 1.165) is 23.4 Å². The smallest absolute Gasteiger partial charge is 0.191 e. The van der Waals surface area contributed by atoms with Gasteiger partial charge in [0, 0.05) is 44.9 Å². The maximum absolute atomic E-state index is 13.5. The number of aliphatic imine (C=N–C) groups is 1. The summed E-state index contributed by atoms with van der Waals surface area (Å²) in [5.41, 5.74) is 2.95. The molecule has 0 unspecified atom stereocenters. The maximum atomic E-state index is 13.5. The van der Waals surface area contributed by atoms with Gasteiger partial charge in [-0.05, 0) is 35.4 Å². The molecule has 0 heterocycles. The van der Waals surface area contributed by atoms with Gasteiger partial charge in [-0.3, -0.25) is 4.99 Å². The van der Waals surface area contributed by atoms with Crippen LogP contribution in [0.2, 0.25) is 0 Å². The van der Waals surface area contributed by atoms with Gasteiger partial charge >= 0.3 is 0 Å². The second-order valence-corrected chi connectivity index (χ2v) is 7.29. The van der Waals surface area contributed by atoms with Crippen molar-refractivity contribution in [1.82, 2.24) is 10.6 Å². The molecule has 0 amide bonds. The van der Waals surface area contributed by atoms with E-state index < -0.39 is 0 Å². The highest BCUT2D eigenvalue weighted by molar-refractivity contribution is 14.0. The standard InChI is InChI=1S/C22H31FN4O.HI/c1-22(2,18-6-5-7-19(23)14-18)16-27-21(24-3)26-15-17-8-10-20(11-9-17)25-12-13-28-4;/h5-11,14,25H,12-13,15-16H2,1-4H3,(H2,24,26,27);1H. The highest BCUT2D eigenvalue weighted by atomic mass is 127. The van der Waals surface area contributed by atoms with Gasteiger partial charge in [-0.2, -0.15) is 0 Å². The maximum Gasteiger partial charge on any atom is 0.191 e. The van der Waals surface area contributed by atoms with E-state index in [2.05, 4.69) is 59.1 Å². The number of nitrogens with one attached hydrogen (secondary N) is 3. The first-order chi connectivity index (χ1) is 13.4. The summed E-state index contributed by atoms with van der Waals surface area (Å²) < 4.78 is 18.6. The lowest BCUT2D eigenvalue weighted by Gasteiger charge is -2.27. The Balaban J connectivity index is 0.00000420. The summed E-state index contributed by atoms with van der Waals surface area (Å²) in [6.45, 7) is 6.93. The second kappa shape index (κ2) is 12.6. The molecule has 0 radical (unpaired) electrons. The molecule has 0 spiro atoms. The second-order valence-electron chi connectivity index (χ2n) is 7.29. The molecule has 0 aromatic heterocycles. The number of hydrogen-bond donors (Lipinski definition) is 3. The van der Waals surface area contributed by atoms with Crippen LogP contribution in [0.5, 0.6) is 0 Å². The Hall–Kier alpha value is -1.87. The van der Waals surface area contributed by atoms with Crippen LogP contribution in [0.4, 0.5) is 10.1 Å². The van der Waals surface area contributed by atoms with Gasteiger partial charge in [0.2, 0.25) is 0 Å². The Labute approximate surface area is 190 Å². The first-order valence-corrected chi connectivity index (χ1v) is 9.47. The van der Waals surface area contributed by atoms with E-state index in [9.17, 15) is 4.39 Å². The van der Waals surface area contributed by atoms with E-state index in [1.54, 1.807) is 26.3 Å². The van der Waals surface area contributed by atoms with Crippen molar-refractivity contribution in [3.63, 3.8) is 0 Å². The summed E-state index contributed by atoms with van der Waals surface area (Å²) in [6, 6.07) is 15.0. The highest BCUT2D eigenvalue weighted by Crippen LogP contribution is 2.22. The number of rotatable bonds is 9. The minimum atomic E-state index is -0.227. The molecule has 0 atom stereocenters. The van der Waals surface area contributed by atoms with Crippen LogP contribution in [0.25, 0.3) is 0 Å². The molecule has 0 aliphatic heterocycles. The van der Waals surface area contributed by atoms with Gasteiger partial charge in [-0.25, -0.2) is 4.39 Å². The van der Waals surface area contributed by atoms with Crippen molar-refractivity contribution >= 4 is 35.6 Å². The van der Waals surface area contributed by atoms with Crippen molar-refractivity contribution in [2.75, 3.05) is 39.2 Å². The molecule has 0 fully saturated rings. The molecule has 3 N–H and O–H groups in total. The van der Waals surface area contributed by atoms with Crippen molar-refractivity contribution in [2.45, 2.75) is 25.8 Å². The number of benzene rings is 2. The Morgan fingerprint density at radius 3 is 2.45 bits per heavy atom. The molecule has 2 aromatic carbocycles. The number of guanidine groups is 1. The fourth-order valence-corrected chi connectivity index (χ4v) is 2.76. The number of methoxy groups -OCH3 is 1. The zero-order valence-electron chi connectivity index (χ0n) is 17.6. The predicted molar refractivity (Wildman–Crippen MR) is 130 cm³/mol. The lowest BCUT2D eigenvalue weighted by atomic mass is 9.84. The van der Waals surface area contributed by atoms with Crippen molar-refractivity contribution < 1.29 is 9.13 Å². The normalized spacial score (nSPS) is 11.6. The fraction of sp³-hybridized carbons (Fsp3) is 0.409. The average molecular weight is 514 g/mol. The van der Waals surface area contributed by atoms with Crippen LogP contribution in [0, 0.1) is 5.82 Å². The first-order valence-electron chi connectivity index (χ1n) is 9.47. The molecule has 5 nitrogen and oxygen atoms in total. The van der Waals surface area contributed by atoms with E-state index in [1.165, 1.54) is 6.07 Å². The zero-order valence-corrected chi connectivity index (χ0v) is 19.9. The number of ether oxygens (including phenoxy) is 1. The van der Waals surface area contributed by atoms with Crippen molar-refractivity contribution in [3.05, 3.63) is 65.5 Å². The van der Waals surface area contributed by atoms with Gasteiger partial charge in [-0.1, -0.05) is 38.1 Å². The monoisotopic (exact) mass is 514 g/mol. The van der Waals surface area contributed by atoms with Gasteiger partial charge in [-0.15, -0.1) is 24.0 Å². The Morgan fingerprint density at radius 1 is 1.10 bits per heavy atom. The van der Waals surface area contributed by atoms with Gasteiger partial charge in [0.05, 0.1) is 6.61 Å². The molecule has 0 bridgehead atoms. The minimum absolute atomic E-state index is 0. The van der Waals surface area contributed by atoms with Crippen LogP contribution in [-0.2, 0) is 16.7 Å². The third-order valence-corrected chi connectivity index (χ3v) is 4.58. The summed E-state index contributed by atoms with van der Waals surface area (Å²) in [6.07, 6.45) is 0. The topological polar surface area (TPSA) is 57.7 Å². The molecule has 0 saturated carbocycles. The summed E-state index contributed by atoms with van der Waals surface area (Å²) in [5.74, 6) is 0.500. The Kier molecular flexibility index (Phi) is 11.0. The Bertz CT molecular complexity index is 766. The van der Waals surface area contributed by atoms with E-state index >= 15 is 0 Å².